The Morgan fingerprint density at radius 1 is 1.00 bits per heavy atom. The molecule has 2 N–H and O–H groups in total. The molecule has 2 heterocycles. The number of aliphatic imine (C=N–C) groups is 1. The predicted octanol–water partition coefficient (Wildman–Crippen LogP) is 2.93. The van der Waals surface area contributed by atoms with Gasteiger partial charge in [-0.05, 0) is 77.4 Å². The lowest BCUT2D eigenvalue weighted by atomic mass is 10.0. The Kier molecular flexibility index (Phi) is 10.4. The van der Waals surface area contributed by atoms with Gasteiger partial charge in [-0.1, -0.05) is 13.8 Å². The lowest BCUT2D eigenvalue weighted by Gasteiger charge is -2.32. The van der Waals surface area contributed by atoms with E-state index >= 15 is 0 Å². The van der Waals surface area contributed by atoms with Gasteiger partial charge in [-0.2, -0.15) is 0 Å². The highest BCUT2D eigenvalue weighted by atomic mass is 15.2. The molecule has 0 aromatic carbocycles. The van der Waals surface area contributed by atoms with Crippen LogP contribution in [0, 0.1) is 5.92 Å². The molecule has 0 aliphatic carbocycles. The number of guanidine groups is 1. The molecular formula is C21H43N5. The van der Waals surface area contributed by atoms with Crippen molar-refractivity contribution in [3.8, 4) is 0 Å². The first-order valence-corrected chi connectivity index (χ1v) is 11.2. The van der Waals surface area contributed by atoms with Gasteiger partial charge < -0.3 is 20.4 Å². The molecule has 1 unspecified atom stereocenters. The molecule has 0 spiro atoms. The standard InChI is InChI=1S/C21H43N5/c1-4-13-25-16-10-20(11-17-25)24-21(22-5-2)23-12-6-7-14-26-15-8-9-19(3)18-26/h19-20H,4-18H2,1-3H3,(H2,22,23,24). The molecule has 0 bridgehead atoms. The summed E-state index contributed by atoms with van der Waals surface area (Å²) in [6.07, 6.45) is 8.98. The number of piperidine rings is 2. The molecule has 0 radical (unpaired) electrons. The van der Waals surface area contributed by atoms with Gasteiger partial charge in [0, 0.05) is 38.8 Å². The second-order valence-electron chi connectivity index (χ2n) is 8.28. The summed E-state index contributed by atoms with van der Waals surface area (Å²) >= 11 is 0. The van der Waals surface area contributed by atoms with Crippen molar-refractivity contribution in [2.45, 2.75) is 71.8 Å². The Morgan fingerprint density at radius 3 is 2.50 bits per heavy atom. The van der Waals surface area contributed by atoms with Crippen LogP contribution in [0.2, 0.25) is 0 Å². The number of unbranched alkanes of at least 4 members (excludes halogenated alkanes) is 1. The fourth-order valence-corrected chi connectivity index (χ4v) is 4.26. The Labute approximate surface area is 162 Å². The molecule has 2 aliphatic heterocycles. The van der Waals surface area contributed by atoms with Crippen molar-refractivity contribution in [1.82, 2.24) is 20.4 Å². The van der Waals surface area contributed by atoms with Crippen molar-refractivity contribution >= 4 is 5.96 Å². The fraction of sp³-hybridized carbons (Fsp3) is 0.952. The Bertz CT molecular complexity index is 390. The highest BCUT2D eigenvalue weighted by Crippen LogP contribution is 2.15. The van der Waals surface area contributed by atoms with Crippen LogP contribution in [0.15, 0.2) is 4.99 Å². The normalized spacial score (nSPS) is 24.0. The molecule has 0 aromatic rings. The third-order valence-electron chi connectivity index (χ3n) is 5.71. The van der Waals surface area contributed by atoms with Crippen molar-refractivity contribution in [3.05, 3.63) is 0 Å². The van der Waals surface area contributed by atoms with E-state index in [4.69, 9.17) is 4.99 Å². The smallest absolute Gasteiger partial charge is 0.191 e. The van der Waals surface area contributed by atoms with Crippen LogP contribution in [0.3, 0.4) is 0 Å². The van der Waals surface area contributed by atoms with Crippen molar-refractivity contribution in [2.75, 3.05) is 52.4 Å². The molecule has 2 aliphatic rings. The number of hydrogen-bond donors (Lipinski definition) is 2. The third kappa shape index (κ3) is 8.26. The molecule has 152 valence electrons. The summed E-state index contributed by atoms with van der Waals surface area (Å²) in [5.74, 6) is 1.91. The molecule has 5 heteroatoms. The maximum Gasteiger partial charge on any atom is 0.191 e. The summed E-state index contributed by atoms with van der Waals surface area (Å²) in [6, 6.07) is 0.579. The van der Waals surface area contributed by atoms with E-state index in [9.17, 15) is 0 Å². The minimum atomic E-state index is 0.579. The summed E-state index contributed by atoms with van der Waals surface area (Å²) in [6.45, 7) is 16.2. The zero-order valence-corrected chi connectivity index (χ0v) is 17.6. The molecule has 1 atom stereocenters. The van der Waals surface area contributed by atoms with Crippen LogP contribution in [-0.2, 0) is 0 Å². The molecular weight excluding hydrogens is 322 g/mol. The number of nitrogens with zero attached hydrogens (tertiary/aromatic N) is 3. The molecule has 0 amide bonds. The number of nitrogens with one attached hydrogen (secondary N) is 2. The van der Waals surface area contributed by atoms with Crippen molar-refractivity contribution in [2.24, 2.45) is 10.9 Å². The molecule has 26 heavy (non-hydrogen) atoms. The number of likely N-dealkylation sites (tertiary alicyclic amines) is 2. The predicted molar refractivity (Wildman–Crippen MR) is 113 cm³/mol. The average molecular weight is 366 g/mol. The fourth-order valence-electron chi connectivity index (χ4n) is 4.26. The van der Waals surface area contributed by atoms with Crippen molar-refractivity contribution < 1.29 is 0 Å². The lowest BCUT2D eigenvalue weighted by molar-refractivity contribution is 0.181. The average Bonchev–Trinajstić information content (AvgIpc) is 2.63. The van der Waals surface area contributed by atoms with E-state index in [-0.39, 0.29) is 0 Å². The first-order valence-electron chi connectivity index (χ1n) is 11.2. The van der Waals surface area contributed by atoms with Gasteiger partial charge in [-0.3, -0.25) is 4.99 Å². The zero-order chi connectivity index (χ0) is 18.6. The summed E-state index contributed by atoms with van der Waals surface area (Å²) < 4.78 is 0. The molecule has 2 fully saturated rings. The molecule has 0 aromatic heterocycles. The minimum absolute atomic E-state index is 0.579. The van der Waals surface area contributed by atoms with E-state index in [2.05, 4.69) is 41.2 Å². The lowest BCUT2D eigenvalue weighted by Crippen LogP contribution is -2.48. The highest BCUT2D eigenvalue weighted by Gasteiger charge is 2.19. The van der Waals surface area contributed by atoms with Gasteiger partial charge in [-0.15, -0.1) is 0 Å². The van der Waals surface area contributed by atoms with E-state index in [1.54, 1.807) is 0 Å². The Balaban J connectivity index is 1.63. The van der Waals surface area contributed by atoms with E-state index < -0.39 is 0 Å². The van der Waals surface area contributed by atoms with Gasteiger partial charge in [0.15, 0.2) is 5.96 Å². The molecule has 5 nitrogen and oxygen atoms in total. The first kappa shape index (κ1) is 21.5. The largest absolute Gasteiger partial charge is 0.357 e. The second kappa shape index (κ2) is 12.6. The van der Waals surface area contributed by atoms with Gasteiger partial charge >= 0.3 is 0 Å². The number of hydrogen-bond acceptors (Lipinski definition) is 3. The van der Waals surface area contributed by atoms with Crippen LogP contribution < -0.4 is 10.6 Å². The summed E-state index contributed by atoms with van der Waals surface area (Å²) in [5.41, 5.74) is 0. The van der Waals surface area contributed by atoms with Crippen LogP contribution in [0.1, 0.15) is 65.7 Å². The van der Waals surface area contributed by atoms with Crippen molar-refractivity contribution in [3.63, 3.8) is 0 Å². The number of rotatable bonds is 9. The highest BCUT2D eigenvalue weighted by molar-refractivity contribution is 5.80. The van der Waals surface area contributed by atoms with Gasteiger partial charge in [0.25, 0.3) is 0 Å². The van der Waals surface area contributed by atoms with Gasteiger partial charge in [0.05, 0.1) is 0 Å². The summed E-state index contributed by atoms with van der Waals surface area (Å²) in [5, 5.41) is 7.09. The third-order valence-corrected chi connectivity index (χ3v) is 5.71. The first-order chi connectivity index (χ1) is 12.7. The van der Waals surface area contributed by atoms with E-state index in [1.807, 2.05) is 0 Å². The maximum absolute atomic E-state index is 4.82. The summed E-state index contributed by atoms with van der Waals surface area (Å²) in [4.78, 5) is 10.1. The maximum atomic E-state index is 4.82. The van der Waals surface area contributed by atoms with E-state index in [1.165, 1.54) is 84.2 Å². The second-order valence-corrected chi connectivity index (χ2v) is 8.28. The molecule has 2 rings (SSSR count). The van der Waals surface area contributed by atoms with Crippen molar-refractivity contribution in [1.29, 1.82) is 0 Å². The quantitative estimate of drug-likeness (QED) is 0.375. The van der Waals surface area contributed by atoms with Crippen LogP contribution >= 0.6 is 0 Å². The minimum Gasteiger partial charge on any atom is -0.357 e. The van der Waals surface area contributed by atoms with Crippen LogP contribution in [-0.4, -0.2) is 74.2 Å². The van der Waals surface area contributed by atoms with Crippen LogP contribution in [0.25, 0.3) is 0 Å². The molecule has 0 saturated carbocycles. The van der Waals surface area contributed by atoms with E-state index in [0.29, 0.717) is 6.04 Å². The summed E-state index contributed by atoms with van der Waals surface area (Å²) in [7, 11) is 0. The van der Waals surface area contributed by atoms with Crippen LogP contribution in [0.5, 0.6) is 0 Å². The van der Waals surface area contributed by atoms with Gasteiger partial charge in [-0.25, -0.2) is 0 Å². The zero-order valence-electron chi connectivity index (χ0n) is 17.6. The van der Waals surface area contributed by atoms with Gasteiger partial charge in [0.2, 0.25) is 0 Å². The van der Waals surface area contributed by atoms with Gasteiger partial charge in [0.1, 0.15) is 0 Å². The monoisotopic (exact) mass is 365 g/mol. The Hall–Kier alpha value is -0.810. The molecule has 2 saturated heterocycles. The topological polar surface area (TPSA) is 42.9 Å². The van der Waals surface area contributed by atoms with Crippen LogP contribution in [0.4, 0.5) is 0 Å². The van der Waals surface area contributed by atoms with E-state index in [0.717, 1.165) is 25.0 Å². The Morgan fingerprint density at radius 2 is 1.81 bits per heavy atom. The SMILES string of the molecule is CCCN1CCC(NC(=NCCCCN2CCCC(C)C2)NCC)CC1.